The van der Waals surface area contributed by atoms with Crippen molar-refractivity contribution in [2.75, 3.05) is 32.8 Å². The van der Waals surface area contributed by atoms with Gasteiger partial charge in [-0.25, -0.2) is 4.98 Å². The second-order valence-corrected chi connectivity index (χ2v) is 5.77. The predicted octanol–water partition coefficient (Wildman–Crippen LogP) is 2.61. The molecule has 2 aromatic carbocycles. The minimum Gasteiger partial charge on any atom is -0.493 e. The van der Waals surface area contributed by atoms with E-state index in [0.717, 1.165) is 34.9 Å². The van der Waals surface area contributed by atoms with Crippen molar-refractivity contribution in [3.8, 4) is 17.2 Å². The van der Waals surface area contributed by atoms with E-state index in [1.54, 1.807) is 21.3 Å². The average molecular weight is 354 g/mol. The molecule has 0 atom stereocenters. The number of nitrogens with zero attached hydrogens (tertiary/aromatic N) is 2. The van der Waals surface area contributed by atoms with Crippen LogP contribution in [0, 0.1) is 0 Å². The standard InChI is InChI=1S/C19H22N4O3/c1-24-14-10-9-12(16(25-2)17(14)26-3)8-7-11-5-4-6-13-15(11)18(20)23-19(21)22-13/h4-6,9-10H,7-8H2,1-3H3,(H4,20,21,22,23). The number of hydrogen-bond donors (Lipinski definition) is 2. The topological polar surface area (TPSA) is 106 Å². The normalized spacial score (nSPS) is 10.7. The summed E-state index contributed by atoms with van der Waals surface area (Å²) in [5.41, 5.74) is 14.6. The van der Waals surface area contributed by atoms with E-state index >= 15 is 0 Å². The van der Waals surface area contributed by atoms with Crippen LogP contribution in [0.25, 0.3) is 10.9 Å². The van der Waals surface area contributed by atoms with E-state index in [4.69, 9.17) is 25.7 Å². The third-order valence-corrected chi connectivity index (χ3v) is 4.30. The van der Waals surface area contributed by atoms with E-state index < -0.39 is 0 Å². The van der Waals surface area contributed by atoms with Crippen LogP contribution in [0.15, 0.2) is 30.3 Å². The number of aryl methyl sites for hydroxylation is 2. The van der Waals surface area contributed by atoms with Gasteiger partial charge in [-0.15, -0.1) is 0 Å². The lowest BCUT2D eigenvalue weighted by atomic mass is 9.99. The Balaban J connectivity index is 1.96. The summed E-state index contributed by atoms with van der Waals surface area (Å²) in [5, 5.41) is 0.834. The Morgan fingerprint density at radius 2 is 1.54 bits per heavy atom. The summed E-state index contributed by atoms with van der Waals surface area (Å²) in [5.74, 6) is 2.45. The van der Waals surface area contributed by atoms with Gasteiger partial charge in [0, 0.05) is 5.39 Å². The van der Waals surface area contributed by atoms with Gasteiger partial charge in [-0.3, -0.25) is 0 Å². The van der Waals surface area contributed by atoms with E-state index in [0.29, 0.717) is 23.1 Å². The Labute approximate surface area is 151 Å². The number of fused-ring (bicyclic) bond motifs is 1. The van der Waals surface area contributed by atoms with Gasteiger partial charge in [0.1, 0.15) is 5.82 Å². The lowest BCUT2D eigenvalue weighted by Crippen LogP contribution is -2.04. The van der Waals surface area contributed by atoms with Crippen molar-refractivity contribution in [3.63, 3.8) is 0 Å². The number of nitrogens with two attached hydrogens (primary N) is 2. The quantitative estimate of drug-likeness (QED) is 0.701. The van der Waals surface area contributed by atoms with Crippen molar-refractivity contribution in [3.05, 3.63) is 41.5 Å². The first kappa shape index (κ1) is 17.6. The molecule has 3 rings (SSSR count). The van der Waals surface area contributed by atoms with Gasteiger partial charge in [0.25, 0.3) is 0 Å². The minimum atomic E-state index is 0.175. The summed E-state index contributed by atoms with van der Waals surface area (Å²) in [4.78, 5) is 8.35. The first-order chi connectivity index (χ1) is 12.6. The lowest BCUT2D eigenvalue weighted by Gasteiger charge is -2.16. The molecule has 7 nitrogen and oxygen atoms in total. The lowest BCUT2D eigenvalue weighted by molar-refractivity contribution is 0.322. The van der Waals surface area contributed by atoms with Crippen LogP contribution in [0.2, 0.25) is 0 Å². The summed E-state index contributed by atoms with van der Waals surface area (Å²) >= 11 is 0. The SMILES string of the molecule is COc1ccc(CCc2cccc3nc(N)nc(N)c23)c(OC)c1OC. The van der Waals surface area contributed by atoms with Gasteiger partial charge in [0.15, 0.2) is 11.5 Å². The van der Waals surface area contributed by atoms with Crippen LogP contribution < -0.4 is 25.7 Å². The molecule has 0 amide bonds. The number of aromatic nitrogens is 2. The van der Waals surface area contributed by atoms with Crippen molar-refractivity contribution in [1.29, 1.82) is 0 Å². The Kier molecular flexibility index (Phi) is 4.97. The maximum atomic E-state index is 6.07. The van der Waals surface area contributed by atoms with Gasteiger partial charge in [-0.05, 0) is 36.1 Å². The van der Waals surface area contributed by atoms with E-state index in [1.807, 2.05) is 30.3 Å². The third-order valence-electron chi connectivity index (χ3n) is 4.30. The van der Waals surface area contributed by atoms with Crippen LogP contribution in [0.4, 0.5) is 11.8 Å². The molecule has 4 N–H and O–H groups in total. The van der Waals surface area contributed by atoms with Crippen molar-refractivity contribution in [1.82, 2.24) is 9.97 Å². The van der Waals surface area contributed by atoms with Gasteiger partial charge < -0.3 is 25.7 Å². The largest absolute Gasteiger partial charge is 0.493 e. The molecule has 0 aliphatic heterocycles. The maximum Gasteiger partial charge on any atom is 0.222 e. The van der Waals surface area contributed by atoms with Crippen LogP contribution in [0.5, 0.6) is 17.2 Å². The second-order valence-electron chi connectivity index (χ2n) is 5.77. The van der Waals surface area contributed by atoms with Crippen molar-refractivity contribution < 1.29 is 14.2 Å². The molecule has 26 heavy (non-hydrogen) atoms. The minimum absolute atomic E-state index is 0.175. The van der Waals surface area contributed by atoms with Crippen LogP contribution >= 0.6 is 0 Å². The zero-order valence-corrected chi connectivity index (χ0v) is 15.1. The molecule has 0 fully saturated rings. The molecule has 0 unspecified atom stereocenters. The molecule has 1 aromatic heterocycles. The molecular formula is C19H22N4O3. The van der Waals surface area contributed by atoms with Crippen LogP contribution in [-0.2, 0) is 12.8 Å². The molecule has 1 heterocycles. The second kappa shape index (κ2) is 7.35. The van der Waals surface area contributed by atoms with Gasteiger partial charge in [-0.1, -0.05) is 18.2 Å². The molecular weight excluding hydrogens is 332 g/mol. The zero-order chi connectivity index (χ0) is 18.7. The first-order valence-corrected chi connectivity index (χ1v) is 8.17. The Morgan fingerprint density at radius 1 is 0.808 bits per heavy atom. The van der Waals surface area contributed by atoms with E-state index in [-0.39, 0.29) is 5.95 Å². The predicted molar refractivity (Wildman–Crippen MR) is 102 cm³/mol. The number of hydrogen-bond acceptors (Lipinski definition) is 7. The van der Waals surface area contributed by atoms with Gasteiger partial charge in [-0.2, -0.15) is 4.98 Å². The highest BCUT2D eigenvalue weighted by atomic mass is 16.5. The monoisotopic (exact) mass is 354 g/mol. The summed E-state index contributed by atoms with van der Waals surface area (Å²) in [6, 6.07) is 9.69. The number of anilines is 2. The zero-order valence-electron chi connectivity index (χ0n) is 15.1. The Morgan fingerprint density at radius 3 is 2.23 bits per heavy atom. The number of methoxy groups -OCH3 is 3. The molecule has 7 heteroatoms. The molecule has 136 valence electrons. The van der Waals surface area contributed by atoms with Crippen molar-refractivity contribution in [2.45, 2.75) is 12.8 Å². The molecule has 0 radical (unpaired) electrons. The Bertz CT molecular complexity index is 944. The van der Waals surface area contributed by atoms with Gasteiger partial charge >= 0.3 is 0 Å². The molecule has 3 aromatic rings. The van der Waals surface area contributed by atoms with E-state index in [1.165, 1.54) is 0 Å². The fraction of sp³-hybridized carbons (Fsp3) is 0.263. The van der Waals surface area contributed by atoms with Gasteiger partial charge in [0.05, 0.1) is 26.8 Å². The third kappa shape index (κ3) is 3.15. The molecule has 0 aliphatic carbocycles. The van der Waals surface area contributed by atoms with Crippen LogP contribution in [0.3, 0.4) is 0 Å². The van der Waals surface area contributed by atoms with E-state index in [9.17, 15) is 0 Å². The number of benzene rings is 2. The summed E-state index contributed by atoms with van der Waals surface area (Å²) in [6.45, 7) is 0. The van der Waals surface area contributed by atoms with Gasteiger partial charge in [0.2, 0.25) is 11.7 Å². The highest BCUT2D eigenvalue weighted by molar-refractivity contribution is 5.92. The molecule has 0 aliphatic rings. The van der Waals surface area contributed by atoms with Crippen molar-refractivity contribution >= 4 is 22.7 Å². The fourth-order valence-electron chi connectivity index (χ4n) is 3.14. The fourth-order valence-corrected chi connectivity index (χ4v) is 3.14. The summed E-state index contributed by atoms with van der Waals surface area (Å²) in [6.07, 6.45) is 1.47. The number of rotatable bonds is 6. The maximum absolute atomic E-state index is 6.07. The first-order valence-electron chi connectivity index (χ1n) is 8.17. The summed E-state index contributed by atoms with van der Waals surface area (Å²) in [7, 11) is 4.81. The van der Waals surface area contributed by atoms with Crippen LogP contribution in [-0.4, -0.2) is 31.3 Å². The molecule has 0 saturated carbocycles. The number of nitrogen functional groups attached to an aromatic ring is 2. The molecule has 0 saturated heterocycles. The molecule has 0 spiro atoms. The van der Waals surface area contributed by atoms with Crippen LogP contribution in [0.1, 0.15) is 11.1 Å². The summed E-state index contributed by atoms with van der Waals surface area (Å²) < 4.78 is 16.3. The smallest absolute Gasteiger partial charge is 0.222 e. The average Bonchev–Trinajstić information content (AvgIpc) is 2.64. The molecule has 0 bridgehead atoms. The Hall–Kier alpha value is -3.22. The number of ether oxygens (including phenoxy) is 3. The van der Waals surface area contributed by atoms with E-state index in [2.05, 4.69) is 9.97 Å². The highest BCUT2D eigenvalue weighted by Crippen LogP contribution is 2.40. The highest BCUT2D eigenvalue weighted by Gasteiger charge is 2.16. The van der Waals surface area contributed by atoms with Crippen molar-refractivity contribution in [2.24, 2.45) is 0 Å².